The molecule has 2 amide bonds. The number of methoxy groups -OCH3 is 2. The van der Waals surface area contributed by atoms with Crippen LogP contribution in [0.5, 0.6) is 17.2 Å². The second-order valence-corrected chi connectivity index (χ2v) is 9.47. The second kappa shape index (κ2) is 14.4. The fraction of sp³-hybridized carbons (Fsp3) is 0.517. The van der Waals surface area contributed by atoms with Crippen LogP contribution in [0.3, 0.4) is 0 Å². The highest BCUT2D eigenvalue weighted by atomic mass is 16.6. The van der Waals surface area contributed by atoms with E-state index in [4.69, 9.17) is 24.7 Å². The third-order valence-corrected chi connectivity index (χ3v) is 6.28. The number of benzene rings is 2. The number of amides is 2. The van der Waals surface area contributed by atoms with E-state index < -0.39 is 17.6 Å². The summed E-state index contributed by atoms with van der Waals surface area (Å²) in [5, 5.41) is 0. The molecule has 8 nitrogen and oxygen atoms in total. The minimum atomic E-state index is -1.10. The number of primary amides is 1. The Balaban J connectivity index is 2.11. The van der Waals surface area contributed by atoms with Crippen molar-refractivity contribution in [2.75, 3.05) is 27.4 Å². The molecule has 0 radical (unpaired) electrons. The molecule has 2 N–H and O–H groups in total. The van der Waals surface area contributed by atoms with Crippen molar-refractivity contribution in [2.45, 2.75) is 71.4 Å². The van der Waals surface area contributed by atoms with E-state index in [1.54, 1.807) is 52.0 Å². The monoisotopic (exact) mass is 514 g/mol. The quantitative estimate of drug-likeness (QED) is 0.307. The van der Waals surface area contributed by atoms with Gasteiger partial charge >= 0.3 is 12.0 Å². The molecule has 0 aromatic heterocycles. The van der Waals surface area contributed by atoms with Crippen molar-refractivity contribution in [3.8, 4) is 17.2 Å². The number of nitrogens with two attached hydrogens (primary N) is 1. The summed E-state index contributed by atoms with van der Waals surface area (Å²) in [4.78, 5) is 26.0. The largest absolute Gasteiger partial charge is 0.497 e. The number of carbonyl (C=O) groups is 2. The Labute approximate surface area is 221 Å². The molecule has 0 saturated carbocycles. The predicted octanol–water partition coefficient (Wildman–Crippen LogP) is 5.67. The van der Waals surface area contributed by atoms with Gasteiger partial charge in [0.05, 0.1) is 20.8 Å². The minimum Gasteiger partial charge on any atom is -0.497 e. The van der Waals surface area contributed by atoms with E-state index in [2.05, 4.69) is 6.92 Å². The molecule has 1 unspecified atom stereocenters. The van der Waals surface area contributed by atoms with Gasteiger partial charge < -0.3 is 29.6 Å². The molecule has 2 aromatic carbocycles. The standard InChI is InChI=1S/C29H42N2O6/c1-7-9-10-22(25-16-15-24(34-5)19-26(25)35-6)17-18-31(28(30)33)20-21-11-13-23(14-12-21)37-29(3,4)27(32)36-8-2/h11-16,19,22H,7-10,17-18,20H2,1-6H3,(H2,30,33). The Bertz CT molecular complexity index is 1010. The Morgan fingerprint density at radius 1 is 0.973 bits per heavy atom. The Hall–Kier alpha value is -3.42. The molecule has 2 rings (SSSR count). The summed E-state index contributed by atoms with van der Waals surface area (Å²) in [5.41, 5.74) is 6.66. The van der Waals surface area contributed by atoms with Gasteiger partial charge in [0.25, 0.3) is 0 Å². The van der Waals surface area contributed by atoms with Crippen molar-refractivity contribution in [1.82, 2.24) is 4.90 Å². The molecule has 0 aliphatic heterocycles. The fourth-order valence-electron chi connectivity index (χ4n) is 4.16. The van der Waals surface area contributed by atoms with Gasteiger partial charge in [-0.15, -0.1) is 0 Å². The van der Waals surface area contributed by atoms with E-state index in [0.717, 1.165) is 48.3 Å². The van der Waals surface area contributed by atoms with Gasteiger partial charge in [-0.1, -0.05) is 38.0 Å². The first-order chi connectivity index (χ1) is 17.6. The van der Waals surface area contributed by atoms with Gasteiger partial charge in [-0.2, -0.15) is 0 Å². The molecule has 204 valence electrons. The molecule has 0 spiro atoms. The van der Waals surface area contributed by atoms with Gasteiger partial charge in [-0.05, 0) is 68.9 Å². The first kappa shape index (κ1) is 29.8. The molecule has 2 aromatic rings. The van der Waals surface area contributed by atoms with Gasteiger partial charge in [0.2, 0.25) is 0 Å². The molecule has 0 aliphatic carbocycles. The summed E-state index contributed by atoms with van der Waals surface area (Å²) < 4.78 is 21.9. The summed E-state index contributed by atoms with van der Waals surface area (Å²) >= 11 is 0. The van der Waals surface area contributed by atoms with Crippen molar-refractivity contribution in [3.05, 3.63) is 53.6 Å². The number of urea groups is 1. The van der Waals surface area contributed by atoms with E-state index in [0.29, 0.717) is 18.8 Å². The number of hydrogen-bond donors (Lipinski definition) is 1. The maximum atomic E-state index is 12.3. The molecule has 8 heteroatoms. The third-order valence-electron chi connectivity index (χ3n) is 6.28. The van der Waals surface area contributed by atoms with Crippen LogP contribution in [0, 0.1) is 0 Å². The third kappa shape index (κ3) is 8.88. The molecule has 0 fully saturated rings. The van der Waals surface area contributed by atoms with Crippen LogP contribution >= 0.6 is 0 Å². The summed E-state index contributed by atoms with van der Waals surface area (Å²) in [6.07, 6.45) is 3.88. The number of carbonyl (C=O) groups excluding carboxylic acids is 2. The maximum Gasteiger partial charge on any atom is 0.349 e. The lowest BCUT2D eigenvalue weighted by Crippen LogP contribution is -2.39. The summed E-state index contributed by atoms with van der Waals surface area (Å²) in [5.74, 6) is 1.85. The fourth-order valence-corrected chi connectivity index (χ4v) is 4.16. The van der Waals surface area contributed by atoms with Crippen LogP contribution < -0.4 is 19.9 Å². The first-order valence-electron chi connectivity index (χ1n) is 12.9. The zero-order valence-corrected chi connectivity index (χ0v) is 23.0. The number of hydrogen-bond acceptors (Lipinski definition) is 6. The summed E-state index contributed by atoms with van der Waals surface area (Å²) in [7, 11) is 3.29. The van der Waals surface area contributed by atoms with Crippen LogP contribution in [0.25, 0.3) is 0 Å². The number of rotatable bonds is 15. The average molecular weight is 515 g/mol. The zero-order chi connectivity index (χ0) is 27.4. The van der Waals surface area contributed by atoms with E-state index in [-0.39, 0.29) is 12.5 Å². The lowest BCUT2D eigenvalue weighted by Gasteiger charge is -2.26. The number of unbranched alkanes of at least 4 members (excludes halogenated alkanes) is 1. The van der Waals surface area contributed by atoms with Crippen molar-refractivity contribution >= 4 is 12.0 Å². The van der Waals surface area contributed by atoms with Crippen molar-refractivity contribution < 1.29 is 28.5 Å². The van der Waals surface area contributed by atoms with Crippen molar-refractivity contribution in [3.63, 3.8) is 0 Å². The first-order valence-corrected chi connectivity index (χ1v) is 12.9. The van der Waals surface area contributed by atoms with E-state index >= 15 is 0 Å². The minimum absolute atomic E-state index is 0.212. The van der Waals surface area contributed by atoms with Crippen LogP contribution in [0.2, 0.25) is 0 Å². The van der Waals surface area contributed by atoms with Gasteiger partial charge in [0.1, 0.15) is 17.2 Å². The maximum absolute atomic E-state index is 12.3. The topological polar surface area (TPSA) is 100 Å². The van der Waals surface area contributed by atoms with Crippen LogP contribution in [0.15, 0.2) is 42.5 Å². The highest BCUT2D eigenvalue weighted by Gasteiger charge is 2.31. The van der Waals surface area contributed by atoms with Crippen LogP contribution in [0.4, 0.5) is 4.79 Å². The number of esters is 1. The second-order valence-electron chi connectivity index (χ2n) is 9.47. The Kier molecular flexibility index (Phi) is 11.6. The van der Waals surface area contributed by atoms with Crippen molar-refractivity contribution in [2.24, 2.45) is 5.73 Å². The van der Waals surface area contributed by atoms with Gasteiger partial charge in [0.15, 0.2) is 5.60 Å². The smallest absolute Gasteiger partial charge is 0.349 e. The molecule has 0 aliphatic rings. The molecule has 37 heavy (non-hydrogen) atoms. The van der Waals surface area contributed by atoms with Crippen LogP contribution in [0.1, 0.15) is 70.4 Å². The molecular formula is C29H42N2O6. The van der Waals surface area contributed by atoms with E-state index in [9.17, 15) is 9.59 Å². The van der Waals surface area contributed by atoms with Gasteiger partial charge in [-0.3, -0.25) is 0 Å². The predicted molar refractivity (Wildman–Crippen MR) is 144 cm³/mol. The van der Waals surface area contributed by atoms with E-state index in [1.807, 2.05) is 30.3 Å². The molecule has 0 bridgehead atoms. The highest BCUT2D eigenvalue weighted by molar-refractivity contribution is 5.79. The Morgan fingerprint density at radius 3 is 2.22 bits per heavy atom. The molecular weight excluding hydrogens is 472 g/mol. The van der Waals surface area contributed by atoms with Crippen LogP contribution in [-0.2, 0) is 16.1 Å². The zero-order valence-electron chi connectivity index (χ0n) is 23.0. The molecule has 0 heterocycles. The Morgan fingerprint density at radius 2 is 1.65 bits per heavy atom. The number of nitrogens with zero attached hydrogens (tertiary/aromatic N) is 1. The number of ether oxygens (including phenoxy) is 4. The molecule has 0 saturated heterocycles. The molecule has 1 atom stereocenters. The van der Waals surface area contributed by atoms with Crippen molar-refractivity contribution in [1.29, 1.82) is 0 Å². The average Bonchev–Trinajstić information content (AvgIpc) is 2.88. The van der Waals surface area contributed by atoms with Gasteiger partial charge in [-0.25, -0.2) is 9.59 Å². The summed E-state index contributed by atoms with van der Waals surface area (Å²) in [6, 6.07) is 12.7. The van der Waals surface area contributed by atoms with E-state index in [1.165, 1.54) is 0 Å². The normalized spacial score (nSPS) is 11.9. The lowest BCUT2D eigenvalue weighted by molar-refractivity contribution is -0.158. The highest BCUT2D eigenvalue weighted by Crippen LogP contribution is 2.35. The SMILES string of the molecule is CCCCC(CCN(Cc1ccc(OC(C)(C)C(=O)OCC)cc1)C(N)=O)c1ccc(OC)cc1OC. The summed E-state index contributed by atoms with van der Waals surface area (Å²) in [6.45, 7) is 8.43. The lowest BCUT2D eigenvalue weighted by atomic mass is 9.89. The van der Waals surface area contributed by atoms with Crippen LogP contribution in [-0.4, -0.2) is 49.9 Å². The van der Waals surface area contributed by atoms with Gasteiger partial charge in [0, 0.05) is 19.2 Å².